The van der Waals surface area contributed by atoms with Gasteiger partial charge in [0.05, 0.1) is 16.3 Å². The second kappa shape index (κ2) is 4.51. The molecule has 0 amide bonds. The zero-order chi connectivity index (χ0) is 14.2. The highest BCUT2D eigenvalue weighted by molar-refractivity contribution is 7.90. The van der Waals surface area contributed by atoms with Gasteiger partial charge in [-0.25, -0.2) is 17.9 Å². The van der Waals surface area contributed by atoms with E-state index in [9.17, 15) is 13.2 Å². The molecule has 0 spiro atoms. The lowest BCUT2D eigenvalue weighted by molar-refractivity contribution is 0.0696. The normalized spacial score (nSPS) is 11.5. The summed E-state index contributed by atoms with van der Waals surface area (Å²) < 4.78 is 24.1. The van der Waals surface area contributed by atoms with Crippen LogP contribution in [0.3, 0.4) is 0 Å². The molecule has 6 nitrogen and oxygen atoms in total. The average Bonchev–Trinajstić information content (AvgIpc) is 2.70. The third-order valence-corrected chi connectivity index (χ3v) is 3.79. The number of sulfone groups is 1. The topological polar surface area (TPSA) is 89.3 Å². The fourth-order valence-corrected chi connectivity index (χ4v) is 2.28. The van der Waals surface area contributed by atoms with Crippen LogP contribution >= 0.6 is 0 Å². The Morgan fingerprint density at radius 2 is 1.84 bits per heavy atom. The molecule has 2 aromatic rings. The molecule has 1 N–H and O–H groups in total. The Labute approximate surface area is 110 Å². The molecule has 0 aliphatic heterocycles. The summed E-state index contributed by atoms with van der Waals surface area (Å²) in [4.78, 5) is 11.1. The van der Waals surface area contributed by atoms with Crippen molar-refractivity contribution in [1.29, 1.82) is 0 Å². The lowest BCUT2D eigenvalue weighted by Crippen LogP contribution is -1.99. The van der Waals surface area contributed by atoms with Crippen molar-refractivity contribution in [3.8, 4) is 5.69 Å². The summed E-state index contributed by atoms with van der Waals surface area (Å²) in [6, 6.07) is 6.08. The maximum atomic E-state index is 11.3. The Morgan fingerprint density at radius 1 is 1.26 bits per heavy atom. The van der Waals surface area contributed by atoms with E-state index < -0.39 is 15.8 Å². The van der Waals surface area contributed by atoms with Gasteiger partial charge in [-0.2, -0.15) is 5.10 Å². The number of aromatic carboxylic acids is 1. The van der Waals surface area contributed by atoms with Crippen LogP contribution in [-0.2, 0) is 9.84 Å². The van der Waals surface area contributed by atoms with E-state index in [0.29, 0.717) is 11.4 Å². The molecule has 0 unspecified atom stereocenters. The van der Waals surface area contributed by atoms with Gasteiger partial charge in [0.1, 0.15) is 5.56 Å². The van der Waals surface area contributed by atoms with Crippen LogP contribution in [0, 0.1) is 6.92 Å². The van der Waals surface area contributed by atoms with Gasteiger partial charge in [-0.3, -0.25) is 0 Å². The minimum atomic E-state index is -3.24. The number of carboxylic acid groups (broad SMARTS) is 1. The van der Waals surface area contributed by atoms with Gasteiger partial charge < -0.3 is 5.11 Å². The fraction of sp³-hybridized carbons (Fsp3) is 0.167. The molecule has 7 heteroatoms. The van der Waals surface area contributed by atoms with E-state index in [-0.39, 0.29) is 10.5 Å². The van der Waals surface area contributed by atoms with E-state index in [1.54, 1.807) is 19.1 Å². The minimum Gasteiger partial charge on any atom is -0.478 e. The summed E-state index contributed by atoms with van der Waals surface area (Å²) in [5, 5.41) is 13.0. The maximum Gasteiger partial charge on any atom is 0.339 e. The third kappa shape index (κ3) is 2.65. The highest BCUT2D eigenvalue weighted by Gasteiger charge is 2.13. The van der Waals surface area contributed by atoms with Crippen molar-refractivity contribution in [2.75, 3.05) is 6.26 Å². The lowest BCUT2D eigenvalue weighted by atomic mass is 10.3. The van der Waals surface area contributed by atoms with Crippen LogP contribution in [0.25, 0.3) is 5.69 Å². The van der Waals surface area contributed by atoms with Crippen LogP contribution in [0.1, 0.15) is 16.1 Å². The molecule has 19 heavy (non-hydrogen) atoms. The first kappa shape index (κ1) is 13.3. The van der Waals surface area contributed by atoms with Crippen molar-refractivity contribution >= 4 is 15.8 Å². The first-order valence-corrected chi connectivity index (χ1v) is 7.28. The Morgan fingerprint density at radius 3 is 2.26 bits per heavy atom. The summed E-state index contributed by atoms with van der Waals surface area (Å²) in [5.41, 5.74) is 1.12. The van der Waals surface area contributed by atoms with Crippen LogP contribution < -0.4 is 0 Å². The molecular formula is C12H12N2O4S. The van der Waals surface area contributed by atoms with Crippen LogP contribution in [0.5, 0.6) is 0 Å². The summed E-state index contributed by atoms with van der Waals surface area (Å²) in [6.07, 6.45) is 2.52. The number of aryl methyl sites for hydroxylation is 1. The van der Waals surface area contributed by atoms with Crippen molar-refractivity contribution in [3.63, 3.8) is 0 Å². The van der Waals surface area contributed by atoms with Gasteiger partial charge in [0.2, 0.25) is 0 Å². The molecule has 1 heterocycles. The number of nitrogens with zero attached hydrogens (tertiary/aromatic N) is 2. The first-order valence-electron chi connectivity index (χ1n) is 5.39. The van der Waals surface area contributed by atoms with Crippen molar-refractivity contribution in [3.05, 3.63) is 41.7 Å². The van der Waals surface area contributed by atoms with E-state index in [1.165, 1.54) is 23.0 Å². The number of carbonyl (C=O) groups is 1. The standard InChI is InChI=1S/C12H12N2O4S/c1-8-11(12(15)16)7-14(13-8)9-3-5-10(6-4-9)19(2,17)18/h3-7H,1-2H3,(H,15,16). The van der Waals surface area contributed by atoms with E-state index >= 15 is 0 Å². The molecule has 0 radical (unpaired) electrons. The van der Waals surface area contributed by atoms with Crippen molar-refractivity contribution in [2.45, 2.75) is 11.8 Å². The molecule has 2 rings (SSSR count). The van der Waals surface area contributed by atoms with Gasteiger partial charge in [-0.1, -0.05) is 0 Å². The summed E-state index contributed by atoms with van der Waals surface area (Å²) in [6.45, 7) is 1.60. The van der Waals surface area contributed by atoms with Gasteiger partial charge in [0.15, 0.2) is 9.84 Å². The Kier molecular flexibility index (Phi) is 3.15. The lowest BCUT2D eigenvalue weighted by Gasteiger charge is -2.02. The molecule has 0 aliphatic carbocycles. The molecule has 1 aromatic carbocycles. The third-order valence-electron chi connectivity index (χ3n) is 2.66. The largest absolute Gasteiger partial charge is 0.478 e. The van der Waals surface area contributed by atoms with Crippen molar-refractivity contribution < 1.29 is 18.3 Å². The Hall–Kier alpha value is -2.15. The first-order chi connectivity index (χ1) is 8.79. The second-order valence-corrected chi connectivity index (χ2v) is 6.16. The van der Waals surface area contributed by atoms with E-state index in [1.807, 2.05) is 0 Å². The number of rotatable bonds is 3. The van der Waals surface area contributed by atoms with E-state index in [4.69, 9.17) is 5.11 Å². The average molecular weight is 280 g/mol. The number of benzene rings is 1. The van der Waals surface area contributed by atoms with Gasteiger partial charge in [0, 0.05) is 12.5 Å². The molecule has 100 valence electrons. The van der Waals surface area contributed by atoms with Crippen molar-refractivity contribution in [1.82, 2.24) is 9.78 Å². The van der Waals surface area contributed by atoms with Crippen LogP contribution in [0.2, 0.25) is 0 Å². The second-order valence-electron chi connectivity index (χ2n) is 4.14. The molecule has 1 aromatic heterocycles. The Bertz CT molecular complexity index is 730. The van der Waals surface area contributed by atoms with Gasteiger partial charge >= 0.3 is 5.97 Å². The summed E-state index contributed by atoms with van der Waals surface area (Å²) in [7, 11) is -3.24. The molecule has 0 saturated carbocycles. The van der Waals surface area contributed by atoms with Crippen LogP contribution in [0.4, 0.5) is 0 Å². The smallest absolute Gasteiger partial charge is 0.339 e. The molecule has 0 fully saturated rings. The highest BCUT2D eigenvalue weighted by Crippen LogP contribution is 2.15. The van der Waals surface area contributed by atoms with E-state index in [2.05, 4.69) is 5.10 Å². The minimum absolute atomic E-state index is 0.118. The monoisotopic (exact) mass is 280 g/mol. The molecule has 0 aliphatic rings. The molecule has 0 saturated heterocycles. The molecule has 0 atom stereocenters. The molecular weight excluding hydrogens is 268 g/mol. The van der Waals surface area contributed by atoms with E-state index in [0.717, 1.165) is 6.26 Å². The SMILES string of the molecule is Cc1nn(-c2ccc(S(C)(=O)=O)cc2)cc1C(=O)O. The number of aromatic nitrogens is 2. The summed E-state index contributed by atoms with van der Waals surface area (Å²) >= 11 is 0. The van der Waals surface area contributed by atoms with Gasteiger partial charge in [-0.05, 0) is 31.2 Å². The number of hydrogen-bond donors (Lipinski definition) is 1. The van der Waals surface area contributed by atoms with Crippen LogP contribution in [-0.4, -0.2) is 35.5 Å². The van der Waals surface area contributed by atoms with Crippen molar-refractivity contribution in [2.24, 2.45) is 0 Å². The highest BCUT2D eigenvalue weighted by atomic mass is 32.2. The maximum absolute atomic E-state index is 11.3. The quantitative estimate of drug-likeness (QED) is 0.914. The number of carboxylic acids is 1. The van der Waals surface area contributed by atoms with Gasteiger partial charge in [0.25, 0.3) is 0 Å². The zero-order valence-electron chi connectivity index (χ0n) is 10.4. The predicted molar refractivity (Wildman–Crippen MR) is 68.4 cm³/mol. The zero-order valence-corrected chi connectivity index (χ0v) is 11.2. The Balaban J connectivity index is 2.43. The summed E-state index contributed by atoms with van der Waals surface area (Å²) in [5.74, 6) is -1.04. The number of hydrogen-bond acceptors (Lipinski definition) is 4. The van der Waals surface area contributed by atoms with Crippen LogP contribution in [0.15, 0.2) is 35.4 Å². The predicted octanol–water partition coefficient (Wildman–Crippen LogP) is 1.28. The van der Waals surface area contributed by atoms with Gasteiger partial charge in [-0.15, -0.1) is 0 Å². The fourth-order valence-electron chi connectivity index (χ4n) is 1.65. The molecule has 0 bridgehead atoms.